The lowest BCUT2D eigenvalue weighted by Gasteiger charge is -2.42. The molecule has 5 aliphatic rings. The maximum absolute atomic E-state index is 6.38. The topological polar surface area (TPSA) is 18.5 Å². The molecule has 5 atom stereocenters. The van der Waals surface area contributed by atoms with Gasteiger partial charge in [0.05, 0.1) is 12.2 Å². The van der Waals surface area contributed by atoms with Crippen molar-refractivity contribution in [3.8, 4) is 0 Å². The first-order valence-electron chi connectivity index (χ1n) is 9.69. The molecule has 0 radical (unpaired) electrons. The van der Waals surface area contributed by atoms with Crippen molar-refractivity contribution in [3.05, 3.63) is 35.9 Å². The van der Waals surface area contributed by atoms with Crippen molar-refractivity contribution < 1.29 is 9.47 Å². The summed E-state index contributed by atoms with van der Waals surface area (Å²) in [5.41, 5.74) is 1.48. The summed E-state index contributed by atoms with van der Waals surface area (Å²) >= 11 is 0. The van der Waals surface area contributed by atoms with Crippen molar-refractivity contribution in [1.29, 1.82) is 0 Å². The van der Waals surface area contributed by atoms with E-state index >= 15 is 0 Å². The van der Waals surface area contributed by atoms with Gasteiger partial charge in [-0.1, -0.05) is 43.7 Å². The Hall–Kier alpha value is -0.860. The van der Waals surface area contributed by atoms with Gasteiger partial charge in [0.25, 0.3) is 0 Å². The molecule has 2 nitrogen and oxygen atoms in total. The summed E-state index contributed by atoms with van der Waals surface area (Å²) in [5.74, 6) is 2.19. The van der Waals surface area contributed by atoms with Crippen molar-refractivity contribution in [2.45, 2.75) is 82.7 Å². The van der Waals surface area contributed by atoms with E-state index in [9.17, 15) is 0 Å². The second-order valence-corrected chi connectivity index (χ2v) is 7.82. The van der Waals surface area contributed by atoms with Gasteiger partial charge < -0.3 is 9.47 Å². The van der Waals surface area contributed by atoms with Crippen LogP contribution in [0.4, 0.5) is 0 Å². The van der Waals surface area contributed by atoms with Gasteiger partial charge in [0.2, 0.25) is 0 Å². The van der Waals surface area contributed by atoms with Crippen LogP contribution in [0.25, 0.3) is 0 Å². The van der Waals surface area contributed by atoms with Gasteiger partial charge in [0.1, 0.15) is 0 Å². The van der Waals surface area contributed by atoms with E-state index in [-0.39, 0.29) is 6.29 Å². The van der Waals surface area contributed by atoms with Crippen LogP contribution in [0.15, 0.2) is 30.3 Å². The molecule has 6 rings (SSSR count). The van der Waals surface area contributed by atoms with Gasteiger partial charge in [-0.15, -0.1) is 0 Å². The fraction of sp³-hybridized carbons (Fsp3) is 0.714. The van der Waals surface area contributed by atoms with E-state index in [0.717, 1.165) is 18.3 Å². The van der Waals surface area contributed by atoms with Gasteiger partial charge >= 0.3 is 0 Å². The first-order chi connectivity index (χ1) is 11.3. The summed E-state index contributed by atoms with van der Waals surface area (Å²) in [5, 5.41) is 0. The van der Waals surface area contributed by atoms with Crippen molar-refractivity contribution in [3.63, 3.8) is 0 Å². The molecule has 0 spiro atoms. The number of fused-ring (bicyclic) bond motifs is 3. The van der Waals surface area contributed by atoms with Crippen LogP contribution in [0.2, 0.25) is 0 Å². The van der Waals surface area contributed by atoms with Crippen LogP contribution in [0.3, 0.4) is 0 Å². The highest BCUT2D eigenvalue weighted by molar-refractivity contribution is 5.19. The summed E-state index contributed by atoms with van der Waals surface area (Å²) in [6.45, 7) is 2.28. The minimum Gasteiger partial charge on any atom is -0.349 e. The summed E-state index contributed by atoms with van der Waals surface area (Å²) < 4.78 is 12.8. The third kappa shape index (κ3) is 3.34. The highest BCUT2D eigenvalue weighted by atomic mass is 16.7. The molecule has 5 unspecified atom stereocenters. The van der Waals surface area contributed by atoms with Crippen molar-refractivity contribution in [1.82, 2.24) is 0 Å². The third-order valence-corrected chi connectivity index (χ3v) is 6.34. The minimum atomic E-state index is 0.0427. The van der Waals surface area contributed by atoms with Crippen LogP contribution >= 0.6 is 0 Å². The molecule has 2 heteroatoms. The molecule has 2 heterocycles. The molecule has 0 aromatic heterocycles. The summed E-state index contributed by atoms with van der Waals surface area (Å²) in [6, 6.07) is 11.0. The predicted octanol–water partition coefficient (Wildman–Crippen LogP) is 5.28. The van der Waals surface area contributed by atoms with E-state index in [1.54, 1.807) is 0 Å². The van der Waals surface area contributed by atoms with Gasteiger partial charge in [-0.2, -0.15) is 0 Å². The normalized spacial score (nSPS) is 36.8. The highest BCUT2D eigenvalue weighted by Gasteiger charge is 2.47. The van der Waals surface area contributed by atoms with Crippen molar-refractivity contribution >= 4 is 0 Å². The molecule has 0 amide bonds. The Kier molecular flexibility index (Phi) is 4.73. The Morgan fingerprint density at radius 1 is 0.957 bits per heavy atom. The number of rotatable bonds is 6. The Bertz CT molecular complexity index is 480. The smallest absolute Gasteiger partial charge is 0.158 e. The first kappa shape index (κ1) is 15.7. The summed E-state index contributed by atoms with van der Waals surface area (Å²) in [4.78, 5) is 0. The maximum Gasteiger partial charge on any atom is 0.158 e. The molecule has 3 saturated carbocycles. The molecule has 5 fully saturated rings. The van der Waals surface area contributed by atoms with Crippen LogP contribution in [0.5, 0.6) is 0 Å². The molecular weight excluding hydrogens is 284 g/mol. The molecular formula is C21H30O2. The second-order valence-electron chi connectivity index (χ2n) is 7.82. The lowest BCUT2D eigenvalue weighted by molar-refractivity contribution is -0.164. The summed E-state index contributed by atoms with van der Waals surface area (Å²) in [7, 11) is 0. The zero-order chi connectivity index (χ0) is 15.6. The minimum absolute atomic E-state index is 0.0427. The number of hydrogen-bond acceptors (Lipinski definition) is 2. The van der Waals surface area contributed by atoms with Gasteiger partial charge in [-0.25, -0.2) is 0 Å². The van der Waals surface area contributed by atoms with Crippen LogP contribution in [-0.2, 0) is 9.47 Å². The van der Waals surface area contributed by atoms with Gasteiger partial charge in [0, 0.05) is 0 Å². The zero-order valence-corrected chi connectivity index (χ0v) is 14.3. The molecule has 4 bridgehead atoms. The van der Waals surface area contributed by atoms with Crippen LogP contribution < -0.4 is 0 Å². The molecule has 0 N–H and O–H groups in total. The molecule has 23 heavy (non-hydrogen) atoms. The number of benzene rings is 1. The van der Waals surface area contributed by atoms with Gasteiger partial charge in [0.15, 0.2) is 6.29 Å². The quantitative estimate of drug-likeness (QED) is 0.711. The first-order valence-corrected chi connectivity index (χ1v) is 9.69. The largest absolute Gasteiger partial charge is 0.349 e. The zero-order valence-electron chi connectivity index (χ0n) is 14.3. The molecule has 2 saturated heterocycles. The average Bonchev–Trinajstić information content (AvgIpc) is 2.85. The standard InChI is InChI=1S/C21H30O2/c1-2-6-15(16-7-4-3-5-8-16)11-12-21-22-19-14-18-10-9-17(19)13-20(18)23-21/h3-5,7-8,15,17-21H,2,6,9-14H2,1H3. The fourth-order valence-corrected chi connectivity index (χ4v) is 5.10. The van der Waals surface area contributed by atoms with Crippen LogP contribution in [0.1, 0.15) is 69.8 Å². The van der Waals surface area contributed by atoms with E-state index in [1.165, 1.54) is 50.5 Å². The van der Waals surface area contributed by atoms with Crippen molar-refractivity contribution in [2.75, 3.05) is 0 Å². The fourth-order valence-electron chi connectivity index (χ4n) is 5.10. The molecule has 3 aliphatic carbocycles. The lowest BCUT2D eigenvalue weighted by atomic mass is 9.67. The summed E-state index contributed by atoms with van der Waals surface area (Å²) in [6.07, 6.45) is 11.0. The number of hydrogen-bond donors (Lipinski definition) is 0. The highest BCUT2D eigenvalue weighted by Crippen LogP contribution is 2.48. The average molecular weight is 314 g/mol. The van der Waals surface area contributed by atoms with E-state index in [1.807, 2.05) is 0 Å². The molecule has 1 aromatic rings. The van der Waals surface area contributed by atoms with Crippen LogP contribution in [-0.4, -0.2) is 18.5 Å². The van der Waals surface area contributed by atoms with Gasteiger partial charge in [-0.3, -0.25) is 0 Å². The van der Waals surface area contributed by atoms with E-state index in [2.05, 4.69) is 37.3 Å². The SMILES string of the molecule is CCCC(CCC1OC2CC3CCC2CC3O1)c1ccccc1. The number of ether oxygens (including phenoxy) is 2. The van der Waals surface area contributed by atoms with Crippen LogP contribution in [0, 0.1) is 11.8 Å². The molecule has 1 aromatic carbocycles. The van der Waals surface area contributed by atoms with E-state index in [4.69, 9.17) is 9.47 Å². The Labute approximate surface area is 140 Å². The monoisotopic (exact) mass is 314 g/mol. The second kappa shape index (κ2) is 6.94. The van der Waals surface area contributed by atoms with Crippen molar-refractivity contribution in [2.24, 2.45) is 11.8 Å². The molecule has 2 aliphatic heterocycles. The van der Waals surface area contributed by atoms with Gasteiger partial charge in [-0.05, 0) is 68.3 Å². The Balaban J connectivity index is 1.38. The van der Waals surface area contributed by atoms with E-state index < -0.39 is 0 Å². The predicted molar refractivity (Wildman–Crippen MR) is 92.3 cm³/mol. The lowest BCUT2D eigenvalue weighted by Crippen LogP contribution is -2.42. The van der Waals surface area contributed by atoms with E-state index in [0.29, 0.717) is 18.1 Å². The Morgan fingerprint density at radius 2 is 1.61 bits per heavy atom. The third-order valence-electron chi connectivity index (χ3n) is 6.34. The maximum atomic E-state index is 6.38. The Morgan fingerprint density at radius 3 is 2.17 bits per heavy atom. The molecule has 126 valence electrons.